The van der Waals surface area contributed by atoms with Gasteiger partial charge in [-0.3, -0.25) is 9.69 Å². The number of nitrogen functional groups attached to an aromatic ring is 1. The number of aromatic nitrogens is 1. The predicted octanol–water partition coefficient (Wildman–Crippen LogP) is 1.01. The van der Waals surface area contributed by atoms with Crippen molar-refractivity contribution in [2.45, 2.75) is 18.9 Å². The third kappa shape index (κ3) is 3.22. The summed E-state index contributed by atoms with van der Waals surface area (Å²) in [4.78, 5) is 27.6. The van der Waals surface area contributed by atoms with Crippen LogP contribution in [0.3, 0.4) is 0 Å². The lowest BCUT2D eigenvalue weighted by molar-refractivity contribution is 0.0695. The lowest BCUT2D eigenvalue weighted by Crippen LogP contribution is -2.47. The maximum absolute atomic E-state index is 15.6. The molecule has 0 spiro atoms. The first-order valence-corrected chi connectivity index (χ1v) is 9.51. The highest BCUT2D eigenvalue weighted by atomic mass is 19.1. The van der Waals surface area contributed by atoms with Gasteiger partial charge in [0.1, 0.15) is 11.3 Å². The van der Waals surface area contributed by atoms with Crippen molar-refractivity contribution in [2.75, 3.05) is 50.0 Å². The minimum Gasteiger partial charge on any atom is -0.477 e. The number of halogens is 2. The molecule has 0 bridgehead atoms. The van der Waals surface area contributed by atoms with E-state index in [1.807, 2.05) is 4.90 Å². The smallest absolute Gasteiger partial charge is 0.341 e. The Bertz CT molecular complexity index is 1040. The van der Waals surface area contributed by atoms with E-state index in [9.17, 15) is 14.7 Å². The van der Waals surface area contributed by atoms with Gasteiger partial charge in [0.15, 0.2) is 11.6 Å². The lowest BCUT2D eigenvalue weighted by Gasteiger charge is -2.36. The molecule has 1 aliphatic carbocycles. The summed E-state index contributed by atoms with van der Waals surface area (Å²) >= 11 is 0. The van der Waals surface area contributed by atoms with Crippen LogP contribution < -0.4 is 16.1 Å². The van der Waals surface area contributed by atoms with Crippen molar-refractivity contribution in [3.8, 4) is 0 Å². The Hall–Kier alpha value is -2.72. The van der Waals surface area contributed by atoms with Gasteiger partial charge in [0.05, 0.1) is 23.2 Å². The summed E-state index contributed by atoms with van der Waals surface area (Å²) in [6, 6.07) is -0.148. The number of rotatable bonds is 5. The third-order valence-electron chi connectivity index (χ3n) is 5.64. The number of nitrogens with two attached hydrogens (primary N) is 1. The second-order valence-electron chi connectivity index (χ2n) is 7.48. The lowest BCUT2D eigenvalue weighted by atomic mass is 10.1. The molecule has 10 heteroatoms. The number of pyridine rings is 1. The molecule has 2 aromatic rings. The SMILES string of the molecule is Nc1c(F)c(N2CCN(CCO)CC2)c(F)c2c1c(=O)c(C(=O)O)cn2C1CC1. The normalized spacial score (nSPS) is 17.8. The van der Waals surface area contributed by atoms with Crippen LogP contribution in [-0.4, -0.2) is 65.0 Å². The van der Waals surface area contributed by atoms with Crippen molar-refractivity contribution in [3.63, 3.8) is 0 Å². The molecule has 1 aromatic carbocycles. The first-order valence-electron chi connectivity index (χ1n) is 9.51. The summed E-state index contributed by atoms with van der Waals surface area (Å²) in [5, 5.41) is 18.0. The number of fused-ring (bicyclic) bond motifs is 1. The molecule has 2 aliphatic rings. The van der Waals surface area contributed by atoms with E-state index in [-0.39, 0.29) is 23.9 Å². The molecule has 0 amide bonds. The highest BCUT2D eigenvalue weighted by Crippen LogP contribution is 2.41. The molecular weight excluding hydrogens is 386 g/mol. The number of piperazine rings is 1. The second kappa shape index (κ2) is 7.27. The summed E-state index contributed by atoms with van der Waals surface area (Å²) < 4.78 is 32.1. The summed E-state index contributed by atoms with van der Waals surface area (Å²) in [7, 11) is 0. The molecule has 0 unspecified atom stereocenters. The average molecular weight is 408 g/mol. The van der Waals surface area contributed by atoms with Crippen LogP contribution in [0.2, 0.25) is 0 Å². The van der Waals surface area contributed by atoms with Crippen LogP contribution in [0.4, 0.5) is 20.2 Å². The predicted molar refractivity (Wildman–Crippen MR) is 104 cm³/mol. The maximum Gasteiger partial charge on any atom is 0.341 e. The molecule has 2 fully saturated rings. The molecule has 2 heterocycles. The molecule has 1 saturated carbocycles. The fraction of sp³-hybridized carbons (Fsp3) is 0.474. The van der Waals surface area contributed by atoms with Crippen LogP contribution in [0.25, 0.3) is 10.9 Å². The zero-order valence-corrected chi connectivity index (χ0v) is 15.7. The Morgan fingerprint density at radius 1 is 1.17 bits per heavy atom. The number of carboxylic acid groups (broad SMARTS) is 1. The van der Waals surface area contributed by atoms with Crippen molar-refractivity contribution in [1.82, 2.24) is 9.47 Å². The highest BCUT2D eigenvalue weighted by molar-refractivity contribution is 5.99. The zero-order chi connectivity index (χ0) is 20.9. The van der Waals surface area contributed by atoms with Gasteiger partial charge >= 0.3 is 5.97 Å². The molecule has 29 heavy (non-hydrogen) atoms. The number of hydrogen-bond donors (Lipinski definition) is 3. The Kier molecular flexibility index (Phi) is 4.91. The van der Waals surface area contributed by atoms with Gasteiger partial charge in [0.2, 0.25) is 5.43 Å². The van der Waals surface area contributed by atoms with Gasteiger partial charge in [-0.2, -0.15) is 0 Å². The van der Waals surface area contributed by atoms with Crippen molar-refractivity contribution in [3.05, 3.63) is 33.6 Å². The Morgan fingerprint density at radius 2 is 1.83 bits per heavy atom. The number of carbonyl (C=O) groups is 1. The van der Waals surface area contributed by atoms with E-state index in [0.717, 1.165) is 6.20 Å². The van der Waals surface area contributed by atoms with Crippen LogP contribution in [-0.2, 0) is 0 Å². The van der Waals surface area contributed by atoms with Gasteiger partial charge in [-0.25, -0.2) is 13.6 Å². The number of β-amino-alcohol motifs (C(OH)–C–C–N with tert-alkyl or cyclic N) is 1. The average Bonchev–Trinajstić information content (AvgIpc) is 3.52. The number of aromatic carboxylic acids is 1. The highest BCUT2D eigenvalue weighted by Gasteiger charge is 2.33. The number of benzene rings is 1. The molecule has 0 atom stereocenters. The van der Waals surface area contributed by atoms with Crippen molar-refractivity contribution in [1.29, 1.82) is 0 Å². The fourth-order valence-electron chi connectivity index (χ4n) is 3.96. The summed E-state index contributed by atoms with van der Waals surface area (Å²) in [5.41, 5.74) is 3.40. The zero-order valence-electron chi connectivity index (χ0n) is 15.7. The quantitative estimate of drug-likeness (QED) is 0.633. The van der Waals surface area contributed by atoms with E-state index in [1.54, 1.807) is 4.90 Å². The molecule has 156 valence electrons. The van der Waals surface area contributed by atoms with Crippen LogP contribution in [0, 0.1) is 11.6 Å². The van der Waals surface area contributed by atoms with E-state index in [4.69, 9.17) is 10.8 Å². The number of nitrogens with zero attached hydrogens (tertiary/aromatic N) is 3. The van der Waals surface area contributed by atoms with Crippen LogP contribution in [0.15, 0.2) is 11.0 Å². The van der Waals surface area contributed by atoms with Gasteiger partial charge in [0, 0.05) is 45.0 Å². The Morgan fingerprint density at radius 3 is 2.38 bits per heavy atom. The molecular formula is C19H22F2N4O4. The van der Waals surface area contributed by atoms with E-state index in [2.05, 4.69) is 0 Å². The van der Waals surface area contributed by atoms with Gasteiger partial charge in [-0.05, 0) is 12.8 Å². The largest absolute Gasteiger partial charge is 0.477 e. The van der Waals surface area contributed by atoms with Gasteiger partial charge in [-0.1, -0.05) is 0 Å². The van der Waals surface area contributed by atoms with Gasteiger partial charge in [-0.15, -0.1) is 0 Å². The van der Waals surface area contributed by atoms with Crippen LogP contribution >= 0.6 is 0 Å². The summed E-state index contributed by atoms with van der Waals surface area (Å²) in [6.07, 6.45) is 2.56. The maximum atomic E-state index is 15.6. The number of hydrogen-bond acceptors (Lipinski definition) is 6. The Labute approximate surface area is 164 Å². The summed E-state index contributed by atoms with van der Waals surface area (Å²) in [5.74, 6) is -3.41. The second-order valence-corrected chi connectivity index (χ2v) is 7.48. The standard InChI is InChI=1S/C19H22F2N4O4/c20-13-15(22)12-16(25(10-1-2-10)9-11(18(12)27)19(28)29)14(21)17(13)24-5-3-23(4-6-24)7-8-26/h9-10,26H,1-8,22H2,(H,28,29). The number of carboxylic acids is 1. The van der Waals surface area contributed by atoms with E-state index in [0.29, 0.717) is 45.6 Å². The third-order valence-corrected chi connectivity index (χ3v) is 5.64. The molecule has 1 aromatic heterocycles. The van der Waals surface area contributed by atoms with Crippen molar-refractivity contribution >= 4 is 28.2 Å². The van der Waals surface area contributed by atoms with E-state index >= 15 is 8.78 Å². The number of aliphatic hydroxyl groups is 1. The first kappa shape index (κ1) is 19.6. The van der Waals surface area contributed by atoms with Gasteiger partial charge < -0.3 is 25.4 Å². The van der Waals surface area contributed by atoms with Gasteiger partial charge in [0.25, 0.3) is 0 Å². The molecule has 1 aliphatic heterocycles. The molecule has 8 nitrogen and oxygen atoms in total. The minimum atomic E-state index is -1.46. The number of aliphatic hydroxyl groups excluding tert-OH is 1. The molecule has 4 rings (SSSR count). The molecule has 0 radical (unpaired) electrons. The van der Waals surface area contributed by atoms with E-state index < -0.39 is 39.7 Å². The minimum absolute atomic E-state index is 0.00518. The first-order chi connectivity index (χ1) is 13.8. The van der Waals surface area contributed by atoms with Crippen molar-refractivity contribution in [2.24, 2.45) is 0 Å². The van der Waals surface area contributed by atoms with Crippen LogP contribution in [0.1, 0.15) is 29.2 Å². The summed E-state index contributed by atoms with van der Waals surface area (Å²) in [6.45, 7) is 2.19. The molecule has 4 N–H and O–H groups in total. The fourth-order valence-corrected chi connectivity index (χ4v) is 3.96. The monoisotopic (exact) mass is 408 g/mol. The Balaban J connectivity index is 1.90. The van der Waals surface area contributed by atoms with Crippen molar-refractivity contribution < 1.29 is 23.8 Å². The number of anilines is 2. The topological polar surface area (TPSA) is 112 Å². The van der Waals surface area contributed by atoms with Crippen LogP contribution in [0.5, 0.6) is 0 Å². The van der Waals surface area contributed by atoms with E-state index in [1.165, 1.54) is 4.57 Å². The molecule has 1 saturated heterocycles.